The molecule has 0 bridgehead atoms. The maximum absolute atomic E-state index is 14.3. The highest BCUT2D eigenvalue weighted by Crippen LogP contribution is 2.48. The molecule has 3 aliphatic rings. The number of fused-ring (bicyclic) bond motifs is 1. The summed E-state index contributed by atoms with van der Waals surface area (Å²) < 4.78 is 48.2. The molecule has 1 fully saturated rings. The molecule has 2 N–H and O–H groups in total. The van der Waals surface area contributed by atoms with Gasteiger partial charge in [-0.05, 0) is 42.7 Å². The van der Waals surface area contributed by atoms with Crippen molar-refractivity contribution < 1.29 is 27.8 Å². The molecule has 4 rings (SSSR count). The number of rotatable bonds is 6. The Labute approximate surface area is 185 Å². The fraction of sp³-hybridized carbons (Fsp3) is 0.609. The molecule has 2 aliphatic carbocycles. The number of aliphatic hydroxyl groups excluding tert-OH is 1. The topological polar surface area (TPSA) is 84.3 Å². The van der Waals surface area contributed by atoms with Gasteiger partial charge in [0.05, 0.1) is 17.7 Å². The molecule has 0 aromatic carbocycles. The number of alkyl halides is 3. The minimum atomic E-state index is -4.63. The van der Waals surface area contributed by atoms with E-state index in [1.165, 1.54) is 18.3 Å². The van der Waals surface area contributed by atoms with Gasteiger partial charge in [-0.3, -0.25) is 0 Å². The summed E-state index contributed by atoms with van der Waals surface area (Å²) in [6.07, 6.45) is 2.29. The van der Waals surface area contributed by atoms with Gasteiger partial charge in [0.25, 0.3) is 0 Å². The molecular formula is C23H28F3N3O3. The fourth-order valence-electron chi connectivity index (χ4n) is 4.71. The molecule has 4 atom stereocenters. The van der Waals surface area contributed by atoms with Crippen molar-refractivity contribution in [3.05, 3.63) is 47.1 Å². The Morgan fingerprint density at radius 1 is 1.38 bits per heavy atom. The third-order valence-electron chi connectivity index (χ3n) is 6.84. The normalized spacial score (nSPS) is 29.5. The van der Waals surface area contributed by atoms with Crippen molar-refractivity contribution in [1.82, 2.24) is 15.3 Å². The van der Waals surface area contributed by atoms with Crippen LogP contribution < -0.4 is 5.32 Å². The second kappa shape index (κ2) is 9.03. The molecule has 0 radical (unpaired) electrons. The first kappa shape index (κ1) is 23.1. The number of nitrogens with zero attached hydrogens (tertiary/aromatic N) is 2. The average molecular weight is 451 g/mol. The van der Waals surface area contributed by atoms with Crippen molar-refractivity contribution in [3.8, 4) is 0 Å². The van der Waals surface area contributed by atoms with Crippen LogP contribution in [-0.4, -0.2) is 53.3 Å². The Kier molecular flexibility index (Phi) is 6.51. The molecule has 174 valence electrons. The third-order valence-corrected chi connectivity index (χ3v) is 6.84. The number of carbonyl (C=O) groups is 1. The molecule has 1 aromatic rings. The predicted octanol–water partition coefficient (Wildman–Crippen LogP) is 3.29. The predicted molar refractivity (Wildman–Crippen MR) is 111 cm³/mol. The zero-order valence-corrected chi connectivity index (χ0v) is 17.9. The van der Waals surface area contributed by atoms with Gasteiger partial charge in [-0.25, -0.2) is 9.97 Å². The smallest absolute Gasteiger partial charge is 0.387 e. The standard InChI is InChI=1S/C23H28F3N3O3/c1-14-10-19(31)20-18(14)12-28-21(29-20)22(23(24,25)26)6-2-15(3-7-22)16(13-30)11-27-17-4-8-32-9-5-17/h2-3,6,12-14,16-17,19,27,31H,4-5,7-11H2,1H3/t14-,16?,19+,22?/m1/s1. The molecule has 1 aromatic heterocycles. The molecule has 2 heterocycles. The molecule has 2 unspecified atom stereocenters. The Bertz CT molecular complexity index is 911. The van der Waals surface area contributed by atoms with Gasteiger partial charge in [-0.2, -0.15) is 13.2 Å². The third kappa shape index (κ3) is 4.25. The first-order valence-corrected chi connectivity index (χ1v) is 11.0. The first-order chi connectivity index (χ1) is 15.2. The molecule has 1 saturated heterocycles. The number of nitrogens with one attached hydrogen (secondary N) is 1. The van der Waals surface area contributed by atoms with Crippen LogP contribution in [0.4, 0.5) is 13.2 Å². The van der Waals surface area contributed by atoms with Crippen molar-refractivity contribution in [2.45, 2.75) is 62.3 Å². The van der Waals surface area contributed by atoms with E-state index < -0.39 is 30.0 Å². The van der Waals surface area contributed by atoms with E-state index in [-0.39, 0.29) is 23.5 Å². The van der Waals surface area contributed by atoms with Gasteiger partial charge in [0.2, 0.25) is 0 Å². The molecule has 0 amide bonds. The number of hydrogen-bond donors (Lipinski definition) is 2. The summed E-state index contributed by atoms with van der Waals surface area (Å²) in [7, 11) is 0. The summed E-state index contributed by atoms with van der Waals surface area (Å²) in [5.74, 6) is -0.906. The number of aliphatic hydroxyl groups is 1. The van der Waals surface area contributed by atoms with E-state index in [4.69, 9.17) is 4.74 Å². The van der Waals surface area contributed by atoms with E-state index in [1.807, 2.05) is 6.92 Å². The van der Waals surface area contributed by atoms with E-state index in [0.717, 1.165) is 25.2 Å². The van der Waals surface area contributed by atoms with Crippen molar-refractivity contribution >= 4 is 6.29 Å². The number of aromatic nitrogens is 2. The van der Waals surface area contributed by atoms with Gasteiger partial charge in [0.1, 0.15) is 17.5 Å². The lowest BCUT2D eigenvalue weighted by molar-refractivity contribution is -0.177. The van der Waals surface area contributed by atoms with Crippen LogP contribution in [0.15, 0.2) is 30.0 Å². The lowest BCUT2D eigenvalue weighted by Crippen LogP contribution is -2.43. The Morgan fingerprint density at radius 3 is 2.75 bits per heavy atom. The van der Waals surface area contributed by atoms with Crippen LogP contribution in [0.2, 0.25) is 0 Å². The van der Waals surface area contributed by atoms with E-state index in [2.05, 4.69) is 15.3 Å². The van der Waals surface area contributed by atoms with E-state index in [9.17, 15) is 23.1 Å². The fourth-order valence-corrected chi connectivity index (χ4v) is 4.71. The summed E-state index contributed by atoms with van der Waals surface area (Å²) in [5.41, 5.74) is -0.872. The monoisotopic (exact) mass is 451 g/mol. The Morgan fingerprint density at radius 2 is 2.12 bits per heavy atom. The zero-order valence-electron chi connectivity index (χ0n) is 17.9. The summed E-state index contributed by atoms with van der Waals surface area (Å²) in [6.45, 7) is 3.58. The zero-order chi connectivity index (χ0) is 22.9. The summed E-state index contributed by atoms with van der Waals surface area (Å²) in [6, 6.07) is 0.238. The highest BCUT2D eigenvalue weighted by Gasteiger charge is 2.57. The van der Waals surface area contributed by atoms with E-state index in [1.54, 1.807) is 0 Å². The van der Waals surface area contributed by atoms with Gasteiger partial charge in [0.15, 0.2) is 0 Å². The lowest BCUT2D eigenvalue weighted by atomic mass is 9.76. The highest BCUT2D eigenvalue weighted by molar-refractivity contribution is 5.62. The van der Waals surface area contributed by atoms with Crippen molar-refractivity contribution in [2.24, 2.45) is 5.92 Å². The molecule has 0 saturated carbocycles. The number of ether oxygens (including phenoxy) is 1. The van der Waals surface area contributed by atoms with Crippen LogP contribution in [0.3, 0.4) is 0 Å². The number of aldehydes is 1. The van der Waals surface area contributed by atoms with Crippen LogP contribution >= 0.6 is 0 Å². The van der Waals surface area contributed by atoms with E-state index >= 15 is 0 Å². The molecule has 32 heavy (non-hydrogen) atoms. The molecular weight excluding hydrogens is 423 g/mol. The molecule has 6 nitrogen and oxygen atoms in total. The second-order valence-electron chi connectivity index (χ2n) is 8.93. The van der Waals surface area contributed by atoms with Gasteiger partial charge in [0, 0.05) is 32.0 Å². The number of halogens is 3. The lowest BCUT2D eigenvalue weighted by Gasteiger charge is -2.34. The average Bonchev–Trinajstić information content (AvgIpc) is 3.07. The minimum Gasteiger partial charge on any atom is -0.387 e. The second-order valence-corrected chi connectivity index (χ2v) is 8.93. The number of hydrogen-bond acceptors (Lipinski definition) is 6. The van der Waals surface area contributed by atoms with Crippen LogP contribution in [0.25, 0.3) is 0 Å². The van der Waals surface area contributed by atoms with Gasteiger partial charge >= 0.3 is 6.18 Å². The molecule has 0 spiro atoms. The number of carbonyl (C=O) groups excluding carboxylic acids is 1. The van der Waals surface area contributed by atoms with E-state index in [0.29, 0.717) is 37.3 Å². The van der Waals surface area contributed by atoms with Crippen LogP contribution in [0, 0.1) is 5.92 Å². The SMILES string of the molecule is C[C@@H]1C[C@H](O)c2nc(C3(C(F)(F)F)C=CC(C(C=O)CNC4CCOCC4)=CC3)ncc21. The first-order valence-electron chi connectivity index (χ1n) is 11.0. The Hall–Kier alpha value is -2.10. The van der Waals surface area contributed by atoms with Crippen LogP contribution in [0.5, 0.6) is 0 Å². The molecule has 1 aliphatic heterocycles. The van der Waals surface area contributed by atoms with Gasteiger partial charge in [-0.1, -0.05) is 25.2 Å². The summed E-state index contributed by atoms with van der Waals surface area (Å²) in [4.78, 5) is 19.9. The van der Waals surface area contributed by atoms with Crippen molar-refractivity contribution in [1.29, 1.82) is 0 Å². The maximum atomic E-state index is 14.3. The van der Waals surface area contributed by atoms with Crippen molar-refractivity contribution in [2.75, 3.05) is 19.8 Å². The van der Waals surface area contributed by atoms with Crippen LogP contribution in [-0.2, 0) is 14.9 Å². The quantitative estimate of drug-likeness (QED) is 0.646. The minimum absolute atomic E-state index is 0.000796. The van der Waals surface area contributed by atoms with Gasteiger partial charge < -0.3 is 20.0 Å². The Balaban J connectivity index is 1.55. The summed E-state index contributed by atoms with van der Waals surface area (Å²) in [5, 5.41) is 13.5. The highest BCUT2D eigenvalue weighted by atomic mass is 19.4. The maximum Gasteiger partial charge on any atom is 0.405 e. The van der Waals surface area contributed by atoms with Crippen molar-refractivity contribution in [3.63, 3.8) is 0 Å². The molecule has 9 heteroatoms. The largest absolute Gasteiger partial charge is 0.405 e. The van der Waals surface area contributed by atoms with Gasteiger partial charge in [-0.15, -0.1) is 0 Å². The summed E-state index contributed by atoms with van der Waals surface area (Å²) >= 11 is 0. The number of allylic oxidation sites excluding steroid dienone is 3. The van der Waals surface area contributed by atoms with Crippen LogP contribution in [0.1, 0.15) is 61.7 Å².